The number of rotatable bonds is 6. The first kappa shape index (κ1) is 13.6. The lowest BCUT2D eigenvalue weighted by Crippen LogP contribution is -2.05. The molecule has 92 valence electrons. The smallest absolute Gasteiger partial charge is 0.304 e. The first-order valence-corrected chi connectivity index (χ1v) is 6.39. The second-order valence-electron chi connectivity index (χ2n) is 3.58. The SMILES string of the molecule is CC(=O)Nc1cccc(CSCCC(=O)O)c1. The van der Waals surface area contributed by atoms with E-state index in [9.17, 15) is 9.59 Å². The van der Waals surface area contributed by atoms with Crippen LogP contribution < -0.4 is 5.32 Å². The van der Waals surface area contributed by atoms with Gasteiger partial charge in [-0.05, 0) is 17.7 Å². The van der Waals surface area contributed by atoms with E-state index in [1.807, 2.05) is 24.3 Å². The first-order chi connectivity index (χ1) is 8.08. The topological polar surface area (TPSA) is 66.4 Å². The van der Waals surface area contributed by atoms with Gasteiger partial charge in [0.1, 0.15) is 0 Å². The number of carbonyl (C=O) groups is 2. The zero-order valence-electron chi connectivity index (χ0n) is 9.60. The Kier molecular flexibility index (Phi) is 5.56. The van der Waals surface area contributed by atoms with Crippen molar-refractivity contribution in [1.82, 2.24) is 0 Å². The molecular weight excluding hydrogens is 238 g/mol. The van der Waals surface area contributed by atoms with Gasteiger partial charge < -0.3 is 10.4 Å². The van der Waals surface area contributed by atoms with E-state index >= 15 is 0 Å². The molecule has 4 nitrogen and oxygen atoms in total. The van der Waals surface area contributed by atoms with Crippen molar-refractivity contribution in [1.29, 1.82) is 0 Å². The van der Waals surface area contributed by atoms with Crippen molar-refractivity contribution < 1.29 is 14.7 Å². The molecule has 0 unspecified atom stereocenters. The van der Waals surface area contributed by atoms with E-state index in [1.165, 1.54) is 6.92 Å². The lowest BCUT2D eigenvalue weighted by atomic mass is 10.2. The molecular formula is C12H15NO3S. The van der Waals surface area contributed by atoms with Crippen molar-refractivity contribution in [3.63, 3.8) is 0 Å². The number of thioether (sulfide) groups is 1. The molecule has 0 aliphatic heterocycles. The molecule has 5 heteroatoms. The van der Waals surface area contributed by atoms with Crippen molar-refractivity contribution in [3.05, 3.63) is 29.8 Å². The third kappa shape index (κ3) is 5.97. The van der Waals surface area contributed by atoms with Gasteiger partial charge >= 0.3 is 5.97 Å². The minimum Gasteiger partial charge on any atom is -0.481 e. The van der Waals surface area contributed by atoms with Crippen LogP contribution >= 0.6 is 11.8 Å². The van der Waals surface area contributed by atoms with Crippen LogP contribution in [0.5, 0.6) is 0 Å². The largest absolute Gasteiger partial charge is 0.481 e. The highest BCUT2D eigenvalue weighted by atomic mass is 32.2. The van der Waals surface area contributed by atoms with E-state index in [2.05, 4.69) is 5.32 Å². The number of aliphatic carboxylic acids is 1. The standard InChI is InChI=1S/C12H15NO3S/c1-9(14)13-11-4-2-3-10(7-11)8-17-6-5-12(15)16/h2-4,7H,5-6,8H2,1H3,(H,13,14)(H,15,16). The molecule has 0 aliphatic rings. The molecule has 0 fully saturated rings. The van der Waals surface area contributed by atoms with E-state index in [0.29, 0.717) is 5.75 Å². The lowest BCUT2D eigenvalue weighted by molar-refractivity contribution is -0.136. The number of nitrogens with one attached hydrogen (secondary N) is 1. The summed E-state index contributed by atoms with van der Waals surface area (Å²) < 4.78 is 0. The Balaban J connectivity index is 2.42. The van der Waals surface area contributed by atoms with Crippen molar-refractivity contribution >= 4 is 29.3 Å². The Bertz CT molecular complexity index is 406. The Morgan fingerprint density at radius 2 is 2.18 bits per heavy atom. The van der Waals surface area contributed by atoms with E-state index in [1.54, 1.807) is 11.8 Å². The van der Waals surface area contributed by atoms with Gasteiger partial charge in [-0.15, -0.1) is 0 Å². The Hall–Kier alpha value is -1.49. The number of carboxylic acid groups (broad SMARTS) is 1. The van der Waals surface area contributed by atoms with Crippen LogP contribution in [0, 0.1) is 0 Å². The number of hydrogen-bond donors (Lipinski definition) is 2. The molecule has 0 atom stereocenters. The molecule has 17 heavy (non-hydrogen) atoms. The molecule has 1 aromatic rings. The minimum atomic E-state index is -0.774. The highest BCUT2D eigenvalue weighted by molar-refractivity contribution is 7.98. The van der Waals surface area contributed by atoms with Gasteiger partial charge in [-0.2, -0.15) is 11.8 Å². The van der Waals surface area contributed by atoms with Crippen LogP contribution in [0.1, 0.15) is 18.9 Å². The minimum absolute atomic E-state index is 0.0966. The van der Waals surface area contributed by atoms with Gasteiger partial charge in [0.2, 0.25) is 5.91 Å². The summed E-state index contributed by atoms with van der Waals surface area (Å²) in [5.41, 5.74) is 1.85. The van der Waals surface area contributed by atoms with Crippen LogP contribution in [-0.2, 0) is 15.3 Å². The number of anilines is 1. The van der Waals surface area contributed by atoms with E-state index in [-0.39, 0.29) is 12.3 Å². The van der Waals surface area contributed by atoms with Crippen LogP contribution in [0.4, 0.5) is 5.69 Å². The van der Waals surface area contributed by atoms with Crippen LogP contribution in [0.3, 0.4) is 0 Å². The summed E-state index contributed by atoms with van der Waals surface area (Å²) in [5, 5.41) is 11.2. The number of hydrogen-bond acceptors (Lipinski definition) is 3. The van der Waals surface area contributed by atoms with Crippen LogP contribution in [0.15, 0.2) is 24.3 Å². The molecule has 1 amide bonds. The van der Waals surface area contributed by atoms with Crippen LogP contribution in [0.2, 0.25) is 0 Å². The van der Waals surface area contributed by atoms with Gasteiger partial charge in [0.25, 0.3) is 0 Å². The fourth-order valence-corrected chi connectivity index (χ4v) is 2.17. The molecule has 2 N–H and O–H groups in total. The maximum absolute atomic E-state index is 10.9. The number of amides is 1. The average Bonchev–Trinajstić information content (AvgIpc) is 2.24. The van der Waals surface area contributed by atoms with Gasteiger partial charge in [-0.25, -0.2) is 0 Å². The van der Waals surface area contributed by atoms with Gasteiger partial charge in [0, 0.05) is 24.1 Å². The summed E-state index contributed by atoms with van der Waals surface area (Å²) in [6.07, 6.45) is 0.177. The Morgan fingerprint density at radius 1 is 1.41 bits per heavy atom. The maximum Gasteiger partial charge on any atom is 0.304 e. The zero-order valence-corrected chi connectivity index (χ0v) is 10.4. The fourth-order valence-electron chi connectivity index (χ4n) is 1.29. The highest BCUT2D eigenvalue weighted by Gasteiger charge is 2.00. The van der Waals surface area contributed by atoms with E-state index in [4.69, 9.17) is 5.11 Å². The summed E-state index contributed by atoms with van der Waals surface area (Å²) in [6, 6.07) is 7.55. The zero-order chi connectivity index (χ0) is 12.7. The third-order valence-electron chi connectivity index (χ3n) is 1.98. The second-order valence-corrected chi connectivity index (χ2v) is 4.68. The molecule has 1 rings (SSSR count). The molecule has 0 heterocycles. The molecule has 0 saturated heterocycles. The Morgan fingerprint density at radius 3 is 2.82 bits per heavy atom. The molecule has 0 aliphatic carbocycles. The van der Waals surface area contributed by atoms with Gasteiger partial charge in [-0.3, -0.25) is 9.59 Å². The number of carboxylic acids is 1. The monoisotopic (exact) mass is 253 g/mol. The van der Waals surface area contributed by atoms with Crippen LogP contribution in [-0.4, -0.2) is 22.7 Å². The molecule has 1 aromatic carbocycles. The third-order valence-corrected chi connectivity index (χ3v) is 3.01. The maximum atomic E-state index is 10.9. The predicted octanol–water partition coefficient (Wildman–Crippen LogP) is 2.35. The average molecular weight is 253 g/mol. The molecule has 0 radical (unpaired) electrons. The fraction of sp³-hybridized carbons (Fsp3) is 0.333. The van der Waals surface area contributed by atoms with Gasteiger partial charge in [0.05, 0.1) is 6.42 Å². The highest BCUT2D eigenvalue weighted by Crippen LogP contribution is 2.17. The van der Waals surface area contributed by atoms with Crippen molar-refractivity contribution in [2.45, 2.75) is 19.1 Å². The second kappa shape index (κ2) is 6.96. The summed E-state index contributed by atoms with van der Waals surface area (Å²) in [6.45, 7) is 1.47. The molecule has 0 bridgehead atoms. The molecule has 0 aromatic heterocycles. The number of carbonyl (C=O) groups excluding carboxylic acids is 1. The number of benzene rings is 1. The Labute approximate surface area is 104 Å². The van der Waals surface area contributed by atoms with E-state index < -0.39 is 5.97 Å². The summed E-state index contributed by atoms with van der Waals surface area (Å²) in [4.78, 5) is 21.2. The summed E-state index contributed by atoms with van der Waals surface area (Å²) >= 11 is 1.57. The van der Waals surface area contributed by atoms with Gasteiger partial charge in [-0.1, -0.05) is 12.1 Å². The lowest BCUT2D eigenvalue weighted by Gasteiger charge is -2.05. The van der Waals surface area contributed by atoms with Crippen molar-refractivity contribution in [3.8, 4) is 0 Å². The molecule has 0 saturated carbocycles. The molecule has 0 spiro atoms. The van der Waals surface area contributed by atoms with Gasteiger partial charge in [0.15, 0.2) is 0 Å². The van der Waals surface area contributed by atoms with Crippen molar-refractivity contribution in [2.24, 2.45) is 0 Å². The normalized spacial score (nSPS) is 9.94. The summed E-state index contributed by atoms with van der Waals surface area (Å²) in [5.74, 6) is 0.477. The first-order valence-electron chi connectivity index (χ1n) is 5.24. The van der Waals surface area contributed by atoms with E-state index in [0.717, 1.165) is 17.0 Å². The van der Waals surface area contributed by atoms with Crippen molar-refractivity contribution in [2.75, 3.05) is 11.1 Å². The quantitative estimate of drug-likeness (QED) is 0.764. The van der Waals surface area contributed by atoms with Crippen LogP contribution in [0.25, 0.3) is 0 Å². The summed E-state index contributed by atoms with van der Waals surface area (Å²) in [7, 11) is 0. The predicted molar refractivity (Wildman–Crippen MR) is 69.2 cm³/mol.